The molecule has 13 heavy (non-hydrogen) atoms. The molecule has 0 aromatic rings. The zero-order valence-electron chi connectivity index (χ0n) is 8.52. The molecule has 0 heterocycles. The van der Waals surface area contributed by atoms with Crippen molar-refractivity contribution in [3.63, 3.8) is 0 Å². The zero-order chi connectivity index (χ0) is 9.15. The first-order chi connectivity index (χ1) is 6.29. The lowest BCUT2D eigenvalue weighted by Gasteiger charge is -2.38. The van der Waals surface area contributed by atoms with E-state index in [1.54, 1.807) is 0 Å². The van der Waals surface area contributed by atoms with Gasteiger partial charge in [0.2, 0.25) is 0 Å². The Morgan fingerprint density at radius 1 is 1.23 bits per heavy atom. The smallest absolute Gasteiger partial charge is 0.0166 e. The van der Waals surface area contributed by atoms with Crippen LogP contribution in [0.15, 0.2) is 0 Å². The molecule has 2 rings (SSSR count). The van der Waals surface area contributed by atoms with Crippen LogP contribution in [-0.4, -0.2) is 18.6 Å². The lowest BCUT2D eigenvalue weighted by Crippen LogP contribution is -2.48. The van der Waals surface area contributed by atoms with Crippen molar-refractivity contribution in [1.29, 1.82) is 0 Å². The van der Waals surface area contributed by atoms with Crippen LogP contribution in [0.5, 0.6) is 0 Å². The maximum atomic E-state index is 6.12. The van der Waals surface area contributed by atoms with E-state index in [1.165, 1.54) is 51.5 Å². The minimum atomic E-state index is 0.215. The monoisotopic (exact) mass is 182 g/mol. The van der Waals surface area contributed by atoms with Gasteiger partial charge in [0.05, 0.1) is 0 Å². The van der Waals surface area contributed by atoms with Gasteiger partial charge in [0.15, 0.2) is 0 Å². The van der Waals surface area contributed by atoms with Gasteiger partial charge in [-0.15, -0.1) is 0 Å². The van der Waals surface area contributed by atoms with Crippen molar-refractivity contribution in [3.05, 3.63) is 0 Å². The van der Waals surface area contributed by atoms with Gasteiger partial charge in [-0.3, -0.25) is 0 Å². The molecule has 0 aromatic heterocycles. The Morgan fingerprint density at radius 3 is 2.54 bits per heavy atom. The van der Waals surface area contributed by atoms with E-state index >= 15 is 0 Å². The van der Waals surface area contributed by atoms with Crippen LogP contribution in [-0.2, 0) is 0 Å². The molecule has 0 radical (unpaired) electrons. The van der Waals surface area contributed by atoms with Gasteiger partial charge in [-0.05, 0) is 51.1 Å². The number of hydrogen-bond donors (Lipinski definition) is 2. The van der Waals surface area contributed by atoms with Crippen molar-refractivity contribution in [2.24, 2.45) is 11.7 Å². The summed E-state index contributed by atoms with van der Waals surface area (Å²) < 4.78 is 0. The average molecular weight is 182 g/mol. The van der Waals surface area contributed by atoms with Crippen molar-refractivity contribution in [1.82, 2.24) is 5.32 Å². The summed E-state index contributed by atoms with van der Waals surface area (Å²) in [6.07, 6.45) is 9.35. The normalized spacial score (nSPS) is 25.6. The summed E-state index contributed by atoms with van der Waals surface area (Å²) in [5.74, 6) is 1.06. The summed E-state index contributed by atoms with van der Waals surface area (Å²) in [5.41, 5.74) is 6.33. The van der Waals surface area contributed by atoms with Crippen LogP contribution in [0.1, 0.15) is 44.9 Å². The van der Waals surface area contributed by atoms with Crippen LogP contribution < -0.4 is 11.1 Å². The number of hydrogen-bond acceptors (Lipinski definition) is 2. The molecule has 0 saturated heterocycles. The highest BCUT2D eigenvalue weighted by Gasteiger charge is 2.31. The highest BCUT2D eigenvalue weighted by atomic mass is 14.9. The maximum Gasteiger partial charge on any atom is 0.0166 e. The van der Waals surface area contributed by atoms with Gasteiger partial charge >= 0.3 is 0 Å². The van der Waals surface area contributed by atoms with Crippen molar-refractivity contribution in [2.45, 2.75) is 50.5 Å². The molecule has 0 spiro atoms. The fourth-order valence-corrected chi connectivity index (χ4v) is 2.06. The first-order valence-corrected chi connectivity index (χ1v) is 5.78. The van der Waals surface area contributed by atoms with Crippen LogP contribution in [0, 0.1) is 5.92 Å². The molecule has 2 saturated carbocycles. The minimum absolute atomic E-state index is 0.215. The lowest BCUT2D eigenvalue weighted by atomic mass is 9.75. The molecule has 2 nitrogen and oxygen atoms in total. The highest BCUT2D eigenvalue weighted by molar-refractivity contribution is 4.92. The first-order valence-electron chi connectivity index (χ1n) is 5.78. The average Bonchev–Trinajstić information content (AvgIpc) is 2.84. The summed E-state index contributed by atoms with van der Waals surface area (Å²) in [6, 6.07) is 0. The standard InChI is InChI=1S/C11H22N2/c12-11(5-1-6-11)7-9-13-8-4-10-2-3-10/h10,13H,1-9,12H2. The van der Waals surface area contributed by atoms with E-state index in [-0.39, 0.29) is 5.54 Å². The molecule has 0 aromatic carbocycles. The third-order valence-electron chi connectivity index (χ3n) is 3.58. The quantitative estimate of drug-likeness (QED) is 0.613. The Balaban J connectivity index is 1.43. The van der Waals surface area contributed by atoms with Gasteiger partial charge in [-0.25, -0.2) is 0 Å². The van der Waals surface area contributed by atoms with Gasteiger partial charge < -0.3 is 11.1 Å². The minimum Gasteiger partial charge on any atom is -0.325 e. The number of nitrogens with one attached hydrogen (secondary N) is 1. The fraction of sp³-hybridized carbons (Fsp3) is 1.00. The van der Waals surface area contributed by atoms with Crippen molar-refractivity contribution in [3.8, 4) is 0 Å². The second kappa shape index (κ2) is 3.97. The molecule has 2 aliphatic carbocycles. The Morgan fingerprint density at radius 2 is 2.00 bits per heavy atom. The first kappa shape index (κ1) is 9.47. The Hall–Kier alpha value is -0.0800. The van der Waals surface area contributed by atoms with Gasteiger partial charge in [0.25, 0.3) is 0 Å². The van der Waals surface area contributed by atoms with E-state index < -0.39 is 0 Å². The van der Waals surface area contributed by atoms with E-state index in [0.717, 1.165) is 12.5 Å². The molecule has 3 N–H and O–H groups in total. The van der Waals surface area contributed by atoms with Crippen LogP contribution in [0.2, 0.25) is 0 Å². The summed E-state index contributed by atoms with van der Waals surface area (Å²) in [4.78, 5) is 0. The molecule has 0 atom stereocenters. The molecular formula is C11H22N2. The summed E-state index contributed by atoms with van der Waals surface area (Å²) >= 11 is 0. The predicted molar refractivity (Wildman–Crippen MR) is 55.6 cm³/mol. The lowest BCUT2D eigenvalue weighted by molar-refractivity contribution is 0.229. The van der Waals surface area contributed by atoms with Crippen LogP contribution >= 0.6 is 0 Å². The molecule has 2 heteroatoms. The molecule has 0 aliphatic heterocycles. The summed E-state index contributed by atoms with van der Waals surface area (Å²) in [7, 11) is 0. The molecule has 0 unspecified atom stereocenters. The SMILES string of the molecule is NC1(CCNCCC2CC2)CCC1. The van der Waals surface area contributed by atoms with Gasteiger partial charge in [0, 0.05) is 5.54 Å². The second-order valence-corrected chi connectivity index (χ2v) is 4.95. The topological polar surface area (TPSA) is 38.0 Å². The summed E-state index contributed by atoms with van der Waals surface area (Å²) in [6.45, 7) is 2.34. The molecule has 2 aliphatic rings. The van der Waals surface area contributed by atoms with Crippen molar-refractivity contribution in [2.75, 3.05) is 13.1 Å². The van der Waals surface area contributed by atoms with Crippen molar-refractivity contribution < 1.29 is 0 Å². The molecule has 0 amide bonds. The summed E-state index contributed by atoms with van der Waals surface area (Å²) in [5, 5.41) is 3.50. The van der Waals surface area contributed by atoms with Gasteiger partial charge in [-0.1, -0.05) is 12.8 Å². The highest BCUT2D eigenvalue weighted by Crippen LogP contribution is 2.32. The van der Waals surface area contributed by atoms with E-state index in [0.29, 0.717) is 0 Å². The largest absolute Gasteiger partial charge is 0.325 e. The van der Waals surface area contributed by atoms with Gasteiger partial charge in [0.1, 0.15) is 0 Å². The molecule has 0 bridgehead atoms. The van der Waals surface area contributed by atoms with E-state index in [4.69, 9.17) is 5.73 Å². The zero-order valence-corrected chi connectivity index (χ0v) is 8.52. The number of nitrogens with two attached hydrogens (primary N) is 1. The maximum absolute atomic E-state index is 6.12. The van der Waals surface area contributed by atoms with E-state index in [9.17, 15) is 0 Å². The Bertz CT molecular complexity index is 159. The van der Waals surface area contributed by atoms with Crippen LogP contribution in [0.4, 0.5) is 0 Å². The van der Waals surface area contributed by atoms with Gasteiger partial charge in [-0.2, -0.15) is 0 Å². The number of rotatable bonds is 6. The Labute approximate surface area is 81.3 Å². The third-order valence-corrected chi connectivity index (χ3v) is 3.58. The molecule has 2 fully saturated rings. The molecule has 76 valence electrons. The van der Waals surface area contributed by atoms with Crippen LogP contribution in [0.3, 0.4) is 0 Å². The second-order valence-electron chi connectivity index (χ2n) is 4.95. The Kier molecular flexibility index (Phi) is 2.89. The predicted octanol–water partition coefficient (Wildman–Crippen LogP) is 1.65. The molecular weight excluding hydrogens is 160 g/mol. The van der Waals surface area contributed by atoms with Crippen molar-refractivity contribution >= 4 is 0 Å². The van der Waals surface area contributed by atoms with E-state index in [1.807, 2.05) is 0 Å². The van der Waals surface area contributed by atoms with E-state index in [2.05, 4.69) is 5.32 Å². The third kappa shape index (κ3) is 2.96. The fourth-order valence-electron chi connectivity index (χ4n) is 2.06. The van der Waals surface area contributed by atoms with Crippen LogP contribution in [0.25, 0.3) is 0 Å².